The fourth-order valence-corrected chi connectivity index (χ4v) is 8.91. The fourth-order valence-electron chi connectivity index (χ4n) is 8.91. The summed E-state index contributed by atoms with van der Waals surface area (Å²) in [5.41, 5.74) is 15.7. The van der Waals surface area contributed by atoms with Crippen molar-refractivity contribution >= 4 is 32.4 Å². The van der Waals surface area contributed by atoms with Gasteiger partial charge in [0.05, 0.1) is 0 Å². The quantitative estimate of drug-likeness (QED) is 0.161. The Labute approximate surface area is 488 Å². The van der Waals surface area contributed by atoms with Gasteiger partial charge in [-0.15, -0.1) is 0 Å². The van der Waals surface area contributed by atoms with Gasteiger partial charge in [0.15, 0.2) is 0 Å². The first-order chi connectivity index (χ1) is 36.9. The molecule has 8 aromatic rings. The van der Waals surface area contributed by atoms with Crippen LogP contribution < -0.4 is 0 Å². The summed E-state index contributed by atoms with van der Waals surface area (Å²) in [6.07, 6.45) is 13.2. The van der Waals surface area contributed by atoms with Crippen molar-refractivity contribution < 1.29 is 0 Å². The first kappa shape index (κ1) is 73.5. The highest BCUT2D eigenvalue weighted by molar-refractivity contribution is 5.83. The van der Waals surface area contributed by atoms with Crippen molar-refractivity contribution in [2.45, 2.75) is 253 Å². The Hall–Kier alpha value is -5.47. The first-order valence-electron chi connectivity index (χ1n) is 30.5. The van der Waals surface area contributed by atoms with Crippen LogP contribution in [0.1, 0.15) is 250 Å². The topological polar surface area (TPSA) is 28.7 Å². The van der Waals surface area contributed by atoms with Gasteiger partial charge in [-0.05, 0) is 157 Å². The van der Waals surface area contributed by atoms with E-state index in [4.69, 9.17) is 0 Å². The van der Waals surface area contributed by atoms with Crippen molar-refractivity contribution in [3.8, 4) is 0 Å². The molecule has 0 saturated heterocycles. The van der Waals surface area contributed by atoms with Crippen molar-refractivity contribution in [2.75, 3.05) is 0 Å². The van der Waals surface area contributed by atoms with Gasteiger partial charge in [0.25, 0.3) is 0 Å². The summed E-state index contributed by atoms with van der Waals surface area (Å²) >= 11 is 0. The highest BCUT2D eigenvalue weighted by atomic mass is 14.7. The van der Waals surface area contributed by atoms with Crippen LogP contribution in [0.4, 0.5) is 0 Å². The number of aryl methyl sites for hydroxylation is 4. The van der Waals surface area contributed by atoms with Crippen molar-refractivity contribution in [1.29, 1.82) is 0 Å². The zero-order valence-corrected chi connectivity index (χ0v) is 54.8. The third-order valence-corrected chi connectivity index (χ3v) is 13.6. The predicted molar refractivity (Wildman–Crippen MR) is 363 cm³/mol. The second kappa shape index (κ2) is 35.3. The molecule has 6 aromatic carbocycles. The van der Waals surface area contributed by atoms with E-state index in [0.717, 1.165) is 5.69 Å². The van der Waals surface area contributed by atoms with Gasteiger partial charge in [-0.3, -0.25) is 4.98 Å². The van der Waals surface area contributed by atoms with E-state index in [1.165, 1.54) is 99.6 Å². The molecule has 1 N–H and O–H groups in total. The molecule has 10 rings (SSSR count). The standard InChI is InChI=1S/C14H20.C14H16.C13H15N.C13H18.C12H15N.5C2H6.CH4/c2*1-14(2,3)13-9-8-11-6-4-5-7-12(11)10-13;1-13(2,3)12-8-10-6-4-5-7-11(10)9-14-12;1-13(2,3)12-8-7-10-5-4-6-11(10)9-12;1-12(2,3)10-4-5-11-9(8-10)6-7-13-11;5*1-2;/h8-10H,4-7H2,1-3H3;4-10H,1-3H3;4-9H,1-3H3;7-9H,4-6H2,1-3H3;4-8,13H,1-3H3;5*1-2H3;1H4. The van der Waals surface area contributed by atoms with E-state index in [1.54, 1.807) is 22.3 Å². The van der Waals surface area contributed by atoms with Crippen molar-refractivity contribution in [2.24, 2.45) is 0 Å². The van der Waals surface area contributed by atoms with Gasteiger partial charge in [-0.25, -0.2) is 0 Å². The number of nitrogens with zero attached hydrogens (tertiary/aromatic N) is 1. The molecule has 0 radical (unpaired) electrons. The number of fused-ring (bicyclic) bond motifs is 5. The molecule has 0 saturated carbocycles. The lowest BCUT2D eigenvalue weighted by molar-refractivity contribution is 0.570. The monoisotopic (exact) mass is 1070 g/mol. The number of nitrogens with one attached hydrogen (secondary N) is 1. The number of pyridine rings is 1. The number of rotatable bonds is 0. The minimum Gasteiger partial charge on any atom is -0.361 e. The molecule has 2 heterocycles. The van der Waals surface area contributed by atoms with Crippen molar-refractivity contribution in [3.63, 3.8) is 0 Å². The number of hydrogen-bond donors (Lipinski definition) is 1. The van der Waals surface area contributed by atoms with Crippen LogP contribution >= 0.6 is 0 Å². The average Bonchev–Trinajstić information content (AvgIpc) is 4.13. The van der Waals surface area contributed by atoms with Crippen molar-refractivity contribution in [1.82, 2.24) is 9.97 Å². The van der Waals surface area contributed by atoms with Crippen LogP contribution in [-0.2, 0) is 52.8 Å². The van der Waals surface area contributed by atoms with Crippen LogP contribution in [-0.4, -0.2) is 9.97 Å². The minimum absolute atomic E-state index is 0. The Morgan fingerprint density at radius 3 is 1.13 bits per heavy atom. The lowest BCUT2D eigenvalue weighted by Crippen LogP contribution is -2.13. The van der Waals surface area contributed by atoms with E-state index in [1.807, 2.05) is 87.7 Å². The maximum absolute atomic E-state index is 4.48. The van der Waals surface area contributed by atoms with Crippen LogP contribution in [0.5, 0.6) is 0 Å². The molecule has 0 spiro atoms. The maximum atomic E-state index is 4.48. The molecule has 79 heavy (non-hydrogen) atoms. The largest absolute Gasteiger partial charge is 0.361 e. The normalized spacial score (nSPS) is 12.2. The molecule has 0 atom stereocenters. The highest BCUT2D eigenvalue weighted by Crippen LogP contribution is 2.31. The van der Waals surface area contributed by atoms with Gasteiger partial charge < -0.3 is 4.98 Å². The number of hydrogen-bond acceptors (Lipinski definition) is 1. The van der Waals surface area contributed by atoms with E-state index in [9.17, 15) is 0 Å². The molecule has 0 fully saturated rings. The molecular weight excluding hydrogens is 953 g/mol. The SMILES string of the molecule is C.CC.CC.CC.CC.CC.CC(C)(C)c1cc2ccccc2cn1.CC(C)(C)c1ccc2[nH]ccc2c1.CC(C)(C)c1ccc2c(c1)CCC2.CC(C)(C)c1ccc2c(c1)CCCC2.CC(C)(C)c1ccc2ccccc2c1. The second-order valence-corrected chi connectivity index (χ2v) is 24.5. The Kier molecular flexibility index (Phi) is 32.9. The lowest BCUT2D eigenvalue weighted by Gasteiger charge is -2.23. The van der Waals surface area contributed by atoms with Crippen LogP contribution in [0.25, 0.3) is 32.4 Å². The molecule has 2 aliphatic carbocycles. The highest BCUT2D eigenvalue weighted by Gasteiger charge is 2.20. The molecular formula is C77H118N2. The molecule has 0 unspecified atom stereocenters. The van der Waals surface area contributed by atoms with Crippen LogP contribution in [0.3, 0.4) is 0 Å². The molecule has 436 valence electrons. The second-order valence-electron chi connectivity index (χ2n) is 24.5. The third kappa shape index (κ3) is 24.0. The average molecular weight is 1070 g/mol. The van der Waals surface area contributed by atoms with Crippen LogP contribution in [0, 0.1) is 0 Å². The molecule has 2 aliphatic rings. The summed E-state index contributed by atoms with van der Waals surface area (Å²) in [5, 5.41) is 6.43. The van der Waals surface area contributed by atoms with E-state index < -0.39 is 0 Å². The number of benzene rings is 6. The van der Waals surface area contributed by atoms with Crippen molar-refractivity contribution in [3.05, 3.63) is 196 Å². The van der Waals surface area contributed by atoms with Gasteiger partial charge in [-0.2, -0.15) is 0 Å². The fraction of sp³-hybridized carbons (Fsp3) is 0.494. The van der Waals surface area contributed by atoms with E-state index >= 15 is 0 Å². The summed E-state index contributed by atoms with van der Waals surface area (Å²) in [5.74, 6) is 0. The molecule has 2 aromatic heterocycles. The van der Waals surface area contributed by atoms with Gasteiger partial charge in [0.1, 0.15) is 0 Å². The molecule has 0 amide bonds. The Bertz CT molecular complexity index is 2800. The van der Waals surface area contributed by atoms with Crippen LogP contribution in [0.2, 0.25) is 0 Å². The Morgan fingerprint density at radius 1 is 0.316 bits per heavy atom. The van der Waals surface area contributed by atoms with E-state index in [-0.39, 0.29) is 23.7 Å². The van der Waals surface area contributed by atoms with Gasteiger partial charge >= 0.3 is 0 Å². The van der Waals surface area contributed by atoms with Gasteiger partial charge in [0.2, 0.25) is 0 Å². The third-order valence-electron chi connectivity index (χ3n) is 13.6. The lowest BCUT2D eigenvalue weighted by atomic mass is 9.82. The summed E-state index contributed by atoms with van der Waals surface area (Å²) in [6.45, 7) is 53.7. The summed E-state index contributed by atoms with van der Waals surface area (Å²) in [4.78, 5) is 7.68. The zero-order valence-electron chi connectivity index (χ0n) is 54.8. The number of aromatic amines is 1. The smallest absolute Gasteiger partial charge is 0.0463 e. The summed E-state index contributed by atoms with van der Waals surface area (Å²) in [6, 6.07) is 48.5. The molecule has 2 nitrogen and oxygen atoms in total. The van der Waals surface area contributed by atoms with E-state index in [0.29, 0.717) is 10.8 Å². The van der Waals surface area contributed by atoms with Crippen LogP contribution in [0.15, 0.2) is 146 Å². The maximum Gasteiger partial charge on any atom is 0.0463 e. The Morgan fingerprint density at radius 2 is 0.671 bits per heavy atom. The molecule has 0 aliphatic heterocycles. The summed E-state index contributed by atoms with van der Waals surface area (Å²) in [7, 11) is 0. The first-order valence-corrected chi connectivity index (χ1v) is 30.5. The molecule has 2 heteroatoms. The van der Waals surface area contributed by atoms with Gasteiger partial charge in [0, 0.05) is 34.4 Å². The van der Waals surface area contributed by atoms with Gasteiger partial charge in [-0.1, -0.05) is 290 Å². The predicted octanol–water partition coefficient (Wildman–Crippen LogP) is 24.2. The zero-order chi connectivity index (χ0) is 59.5. The minimum atomic E-state index is 0. The number of aromatic nitrogens is 2. The Balaban J connectivity index is 0.000000922. The molecule has 0 bridgehead atoms. The number of H-pyrrole nitrogens is 1. The van der Waals surface area contributed by atoms with E-state index in [2.05, 4.69) is 241 Å². The summed E-state index contributed by atoms with van der Waals surface area (Å²) < 4.78 is 0.